The maximum Gasteiger partial charge on any atom is 0.296 e. The number of benzene rings is 6. The van der Waals surface area contributed by atoms with E-state index in [9.17, 15) is 64.9 Å². The van der Waals surface area contributed by atoms with Gasteiger partial charge in [0.2, 0.25) is 23.6 Å². The molecular formula is C42H28N4O19S5. The summed E-state index contributed by atoms with van der Waals surface area (Å²) in [6.07, 6.45) is 0. The van der Waals surface area contributed by atoms with Crippen molar-refractivity contribution in [3.8, 4) is 45.8 Å². The molecule has 10 rings (SSSR count). The van der Waals surface area contributed by atoms with Crippen molar-refractivity contribution >= 4 is 95.0 Å². The zero-order valence-corrected chi connectivity index (χ0v) is 39.2. The number of rotatable bonds is 9. The minimum Gasteiger partial charge on any atom is -0.436 e. The number of hydrogen-bond acceptors (Lipinski definition) is 18. The fraction of sp³-hybridized carbons (Fsp3) is 0.0476. The van der Waals surface area contributed by atoms with Gasteiger partial charge in [-0.25, -0.2) is 19.9 Å². The molecule has 0 atom stereocenters. The van der Waals surface area contributed by atoms with E-state index in [1.165, 1.54) is 30.3 Å². The number of aromatic nitrogens is 4. The van der Waals surface area contributed by atoms with Gasteiger partial charge in [0.1, 0.15) is 36.8 Å². The van der Waals surface area contributed by atoms with Crippen LogP contribution in [0.2, 0.25) is 0 Å². The summed E-state index contributed by atoms with van der Waals surface area (Å²) in [6, 6.07) is 24.1. The van der Waals surface area contributed by atoms with Crippen LogP contribution in [0.5, 0.6) is 0 Å². The van der Waals surface area contributed by atoms with E-state index in [1.54, 1.807) is 37.3 Å². The molecular weight excluding hydrogens is 1020 g/mol. The SMILES string of the molecule is Cc1cc(S(=O)(=O)O)c2nc(-c3ccc(-c4nc5c(S(=O)(=O)O)cc(S(=O)(=O)O)cc5o4)cc3)oc2c1.Cc1ccc2nc(-c3ccc(-c4nc5c(S(=O)(=O)O)cc(S(=O)(=O)O)cc5o4)cc3)oc2c1. The molecule has 0 aliphatic heterocycles. The van der Waals surface area contributed by atoms with E-state index >= 15 is 0 Å². The van der Waals surface area contributed by atoms with Gasteiger partial charge in [-0.15, -0.1) is 0 Å². The summed E-state index contributed by atoms with van der Waals surface area (Å²) < 4.78 is 186. The van der Waals surface area contributed by atoms with Crippen LogP contribution in [0.3, 0.4) is 0 Å². The van der Waals surface area contributed by atoms with Gasteiger partial charge in [-0.1, -0.05) is 6.07 Å². The molecule has 5 N–H and O–H groups in total. The molecule has 0 aliphatic carbocycles. The lowest BCUT2D eigenvalue weighted by molar-refractivity contribution is 0.477. The minimum atomic E-state index is -4.93. The highest BCUT2D eigenvalue weighted by Crippen LogP contribution is 2.36. The van der Waals surface area contributed by atoms with Gasteiger partial charge >= 0.3 is 0 Å². The first-order chi connectivity index (χ1) is 32.6. The first-order valence-corrected chi connectivity index (χ1v) is 26.6. The van der Waals surface area contributed by atoms with Crippen molar-refractivity contribution in [1.82, 2.24) is 19.9 Å². The molecule has 0 amide bonds. The molecule has 70 heavy (non-hydrogen) atoms. The van der Waals surface area contributed by atoms with Crippen molar-refractivity contribution in [2.75, 3.05) is 0 Å². The van der Waals surface area contributed by atoms with Crippen LogP contribution in [0.15, 0.2) is 145 Å². The third kappa shape index (κ3) is 9.42. The van der Waals surface area contributed by atoms with Crippen LogP contribution in [0.25, 0.3) is 90.2 Å². The summed E-state index contributed by atoms with van der Waals surface area (Å²) >= 11 is 0. The van der Waals surface area contributed by atoms with Crippen LogP contribution in [0.1, 0.15) is 11.1 Å². The quantitative estimate of drug-likeness (QED) is 0.0875. The smallest absolute Gasteiger partial charge is 0.296 e. The molecule has 28 heteroatoms. The second kappa shape index (κ2) is 16.7. The summed E-state index contributed by atoms with van der Waals surface area (Å²) in [6.45, 7) is 3.57. The molecule has 0 spiro atoms. The van der Waals surface area contributed by atoms with E-state index in [4.69, 9.17) is 17.7 Å². The van der Waals surface area contributed by atoms with Crippen LogP contribution < -0.4 is 0 Å². The van der Waals surface area contributed by atoms with E-state index in [0.717, 1.165) is 17.7 Å². The van der Waals surface area contributed by atoms with Crippen LogP contribution in [-0.4, -0.2) is 84.8 Å². The van der Waals surface area contributed by atoms with Crippen molar-refractivity contribution in [2.24, 2.45) is 0 Å². The van der Waals surface area contributed by atoms with Crippen molar-refractivity contribution in [1.29, 1.82) is 0 Å². The number of nitrogens with zero attached hydrogens (tertiary/aromatic N) is 4. The molecule has 0 aliphatic rings. The van der Waals surface area contributed by atoms with Gasteiger partial charge in [0, 0.05) is 34.4 Å². The Morgan fingerprint density at radius 1 is 0.343 bits per heavy atom. The zero-order chi connectivity index (χ0) is 50.5. The largest absolute Gasteiger partial charge is 0.436 e. The molecule has 23 nitrogen and oxygen atoms in total. The first kappa shape index (κ1) is 47.8. The zero-order valence-electron chi connectivity index (χ0n) is 35.1. The Balaban J connectivity index is 0.000000175. The Hall–Kier alpha value is -7.25. The van der Waals surface area contributed by atoms with Gasteiger partial charge < -0.3 is 17.7 Å². The Bertz CT molecular complexity index is 4390. The second-order valence-corrected chi connectivity index (χ2v) is 22.2. The molecule has 4 aromatic heterocycles. The monoisotopic (exact) mass is 1050 g/mol. The lowest BCUT2D eigenvalue weighted by atomic mass is 10.1. The predicted octanol–water partition coefficient (Wildman–Crippen LogP) is 7.46. The molecule has 0 saturated carbocycles. The summed E-state index contributed by atoms with van der Waals surface area (Å²) in [5, 5.41) is 0. The van der Waals surface area contributed by atoms with Crippen molar-refractivity contribution in [3.63, 3.8) is 0 Å². The van der Waals surface area contributed by atoms with E-state index < -0.39 is 75.1 Å². The maximum absolute atomic E-state index is 11.8. The predicted molar refractivity (Wildman–Crippen MR) is 243 cm³/mol. The average molecular weight is 1050 g/mol. The summed E-state index contributed by atoms with van der Waals surface area (Å²) in [5.74, 6) is 0.287. The highest BCUT2D eigenvalue weighted by molar-refractivity contribution is 7.87. The molecule has 360 valence electrons. The van der Waals surface area contributed by atoms with Crippen molar-refractivity contribution < 1.29 is 82.5 Å². The van der Waals surface area contributed by atoms with E-state index in [0.29, 0.717) is 56.9 Å². The fourth-order valence-electron chi connectivity index (χ4n) is 7.00. The first-order valence-electron chi connectivity index (χ1n) is 19.4. The third-order valence-corrected chi connectivity index (χ3v) is 14.5. The number of oxazole rings is 4. The van der Waals surface area contributed by atoms with Crippen LogP contribution in [0, 0.1) is 13.8 Å². The Kier molecular flexibility index (Phi) is 11.4. The van der Waals surface area contributed by atoms with E-state index in [2.05, 4.69) is 19.9 Å². The fourth-order valence-corrected chi connectivity index (χ4v) is 10.3. The molecule has 0 bridgehead atoms. The number of hydrogen-bond donors (Lipinski definition) is 5. The number of fused-ring (bicyclic) bond motifs is 4. The van der Waals surface area contributed by atoms with E-state index in [-0.39, 0.29) is 51.0 Å². The van der Waals surface area contributed by atoms with Crippen molar-refractivity contribution in [2.45, 2.75) is 38.3 Å². The Morgan fingerprint density at radius 3 is 1.01 bits per heavy atom. The minimum absolute atomic E-state index is 0.0258. The van der Waals surface area contributed by atoms with Gasteiger partial charge in [0.15, 0.2) is 22.3 Å². The highest BCUT2D eigenvalue weighted by Gasteiger charge is 2.27. The molecule has 0 unspecified atom stereocenters. The standard InChI is InChI=1S/C21H14N2O11S3.C21H14N2O8S2/c1-10-6-14-18(16(7-10)36(27,28)29)22-20(33-14)11-2-4-12(5-3-11)21-23-19-15(34-21)8-13(35(24,25)26)9-17(19)37(30,31)32;1-11-2-7-15-16(8-11)30-20(22-15)12-3-5-13(6-4-12)21-23-19-17(31-21)9-14(32(24,25)26)10-18(19)33(27,28)29/h2-9H,1H3,(H,24,25,26)(H,27,28,29)(H,30,31,32);2-10H,1H3,(H,24,25,26)(H,27,28,29). The molecule has 0 fully saturated rings. The summed E-state index contributed by atoms with van der Waals surface area (Å²) in [4.78, 5) is 13.1. The van der Waals surface area contributed by atoms with Gasteiger partial charge in [0.25, 0.3) is 50.6 Å². The Labute approximate surface area is 393 Å². The normalized spacial score (nSPS) is 12.8. The second-order valence-electron chi connectivity index (χ2n) is 15.2. The molecule has 0 radical (unpaired) electrons. The summed E-state index contributed by atoms with van der Waals surface area (Å²) in [5.41, 5.74) is 3.63. The van der Waals surface area contributed by atoms with Gasteiger partial charge in [-0.3, -0.25) is 22.8 Å². The number of aryl methyl sites for hydroxylation is 2. The van der Waals surface area contributed by atoms with Gasteiger partial charge in [-0.2, -0.15) is 42.1 Å². The topological polar surface area (TPSA) is 376 Å². The maximum atomic E-state index is 11.8. The lowest BCUT2D eigenvalue weighted by Gasteiger charge is -2.01. The van der Waals surface area contributed by atoms with Gasteiger partial charge in [-0.05, 0) is 110 Å². The van der Waals surface area contributed by atoms with Crippen LogP contribution in [0.4, 0.5) is 0 Å². The van der Waals surface area contributed by atoms with Gasteiger partial charge in [0.05, 0.1) is 9.79 Å². The average Bonchev–Trinajstić information content (AvgIpc) is 4.08. The molecule has 4 heterocycles. The molecule has 0 saturated heterocycles. The molecule has 6 aromatic carbocycles. The third-order valence-electron chi connectivity index (χ3n) is 10.2. The van der Waals surface area contributed by atoms with Crippen LogP contribution in [-0.2, 0) is 50.6 Å². The van der Waals surface area contributed by atoms with Crippen LogP contribution >= 0.6 is 0 Å². The summed E-state index contributed by atoms with van der Waals surface area (Å²) in [7, 11) is -23.9. The highest BCUT2D eigenvalue weighted by atomic mass is 32.2. The lowest BCUT2D eigenvalue weighted by Crippen LogP contribution is -2.04. The van der Waals surface area contributed by atoms with E-state index in [1.807, 2.05) is 25.1 Å². The molecule has 10 aromatic rings. The Morgan fingerprint density at radius 2 is 0.657 bits per heavy atom. The van der Waals surface area contributed by atoms with Crippen molar-refractivity contribution in [3.05, 3.63) is 114 Å².